The molecule has 1 N–H and O–H groups in total. The van der Waals surface area contributed by atoms with Gasteiger partial charge in [0.2, 0.25) is 0 Å². The molecule has 0 radical (unpaired) electrons. The van der Waals surface area contributed by atoms with Crippen LogP contribution in [0.4, 0.5) is 4.39 Å². The Labute approximate surface area is 116 Å². The molecule has 0 amide bonds. The summed E-state index contributed by atoms with van der Waals surface area (Å²) in [5, 5.41) is 0. The number of fused-ring (bicyclic) bond motifs is 1. The highest BCUT2D eigenvalue weighted by Crippen LogP contribution is 2.26. The summed E-state index contributed by atoms with van der Waals surface area (Å²) in [6.07, 6.45) is 0. The summed E-state index contributed by atoms with van der Waals surface area (Å²) in [6.45, 7) is 2.04. The summed E-state index contributed by atoms with van der Waals surface area (Å²) < 4.78 is 18.8. The second-order valence-electron chi connectivity index (χ2n) is 4.75. The van der Waals surface area contributed by atoms with E-state index in [0.717, 1.165) is 22.7 Å². The molecular weight excluding hydrogens is 255 g/mol. The monoisotopic (exact) mass is 270 g/mol. The van der Waals surface area contributed by atoms with E-state index in [9.17, 15) is 4.39 Å². The number of benzene rings is 2. The molecule has 2 aromatic carbocycles. The van der Waals surface area contributed by atoms with E-state index in [1.807, 2.05) is 37.3 Å². The molecule has 0 aliphatic heterocycles. The maximum atomic E-state index is 13.7. The highest BCUT2D eigenvalue weighted by molar-refractivity contribution is 5.75. The lowest BCUT2D eigenvalue weighted by molar-refractivity contribution is 0.414. The second-order valence-corrected chi connectivity index (χ2v) is 4.75. The fraction of sp³-hybridized carbons (Fsp3) is 0.188. The molecule has 0 spiro atoms. The summed E-state index contributed by atoms with van der Waals surface area (Å²) in [5.74, 6) is 1.34. The van der Waals surface area contributed by atoms with E-state index in [2.05, 4.69) is 9.97 Å². The molecule has 1 atom stereocenters. The van der Waals surface area contributed by atoms with Crippen LogP contribution in [0.3, 0.4) is 0 Å². The Bertz CT molecular complexity index is 734. The molecule has 0 saturated heterocycles. The van der Waals surface area contributed by atoms with Gasteiger partial charge in [0, 0.05) is 5.92 Å². The van der Waals surface area contributed by atoms with Crippen molar-refractivity contribution in [3.63, 3.8) is 0 Å². The van der Waals surface area contributed by atoms with Crippen LogP contribution < -0.4 is 4.74 Å². The predicted octanol–water partition coefficient (Wildman–Crippen LogP) is 3.86. The third-order valence-electron chi connectivity index (χ3n) is 3.51. The first-order valence-corrected chi connectivity index (χ1v) is 6.47. The van der Waals surface area contributed by atoms with Crippen molar-refractivity contribution in [2.75, 3.05) is 7.11 Å². The average Bonchev–Trinajstić information content (AvgIpc) is 2.92. The SMILES string of the molecule is COc1ccc(C(C)c2nc3c(F)cccc3[nH]2)cc1. The van der Waals surface area contributed by atoms with Crippen LogP contribution in [0.25, 0.3) is 11.0 Å². The number of hydrogen-bond acceptors (Lipinski definition) is 2. The van der Waals surface area contributed by atoms with Crippen LogP contribution in [-0.2, 0) is 0 Å². The summed E-state index contributed by atoms with van der Waals surface area (Å²) in [6, 6.07) is 12.7. The molecule has 3 nitrogen and oxygen atoms in total. The molecule has 1 heterocycles. The number of halogens is 1. The first-order chi connectivity index (χ1) is 9.69. The molecule has 0 saturated carbocycles. The maximum absolute atomic E-state index is 13.7. The quantitative estimate of drug-likeness (QED) is 0.784. The molecule has 4 heteroatoms. The van der Waals surface area contributed by atoms with E-state index < -0.39 is 0 Å². The lowest BCUT2D eigenvalue weighted by Gasteiger charge is -2.09. The van der Waals surface area contributed by atoms with Crippen molar-refractivity contribution in [2.45, 2.75) is 12.8 Å². The van der Waals surface area contributed by atoms with E-state index in [-0.39, 0.29) is 11.7 Å². The summed E-state index contributed by atoms with van der Waals surface area (Å²) >= 11 is 0. The molecule has 0 fully saturated rings. The van der Waals surface area contributed by atoms with Gasteiger partial charge in [-0.2, -0.15) is 0 Å². The van der Waals surface area contributed by atoms with E-state index in [0.29, 0.717) is 5.52 Å². The van der Waals surface area contributed by atoms with E-state index >= 15 is 0 Å². The molecule has 0 aliphatic carbocycles. The smallest absolute Gasteiger partial charge is 0.151 e. The first kappa shape index (κ1) is 12.7. The number of nitrogens with one attached hydrogen (secondary N) is 1. The molecule has 1 aromatic heterocycles. The number of para-hydroxylation sites is 1. The molecule has 1 unspecified atom stereocenters. The molecule has 20 heavy (non-hydrogen) atoms. The van der Waals surface area contributed by atoms with Gasteiger partial charge >= 0.3 is 0 Å². The molecule has 3 aromatic rings. The number of rotatable bonds is 3. The normalized spacial score (nSPS) is 12.6. The average molecular weight is 270 g/mol. The van der Waals surface area contributed by atoms with Gasteiger partial charge in [-0.3, -0.25) is 0 Å². The number of imidazole rings is 1. The largest absolute Gasteiger partial charge is 0.497 e. The zero-order valence-electron chi connectivity index (χ0n) is 11.4. The second kappa shape index (κ2) is 4.96. The van der Waals surface area contributed by atoms with Gasteiger partial charge in [-0.15, -0.1) is 0 Å². The zero-order chi connectivity index (χ0) is 14.1. The van der Waals surface area contributed by atoms with Gasteiger partial charge in [0.05, 0.1) is 12.6 Å². The molecule has 0 bridgehead atoms. The molecule has 3 rings (SSSR count). The number of H-pyrrole nitrogens is 1. The van der Waals surface area contributed by atoms with Crippen LogP contribution in [0.15, 0.2) is 42.5 Å². The maximum Gasteiger partial charge on any atom is 0.151 e. The number of hydrogen-bond donors (Lipinski definition) is 1. The van der Waals surface area contributed by atoms with E-state index in [1.165, 1.54) is 6.07 Å². The third kappa shape index (κ3) is 2.13. The van der Waals surface area contributed by atoms with Crippen LogP contribution in [-0.4, -0.2) is 17.1 Å². The third-order valence-corrected chi connectivity index (χ3v) is 3.51. The number of aromatic nitrogens is 2. The van der Waals surface area contributed by atoms with Crippen LogP contribution >= 0.6 is 0 Å². The van der Waals surface area contributed by atoms with Crippen molar-refractivity contribution in [1.82, 2.24) is 9.97 Å². The fourth-order valence-corrected chi connectivity index (χ4v) is 2.27. The lowest BCUT2D eigenvalue weighted by Crippen LogP contribution is -1.98. The standard InChI is InChI=1S/C16H15FN2O/c1-10(11-6-8-12(20-2)9-7-11)16-18-14-5-3-4-13(17)15(14)19-16/h3-10H,1-2H3,(H,18,19). The van der Waals surface area contributed by atoms with Gasteiger partial charge in [0.15, 0.2) is 5.82 Å². The van der Waals surface area contributed by atoms with Crippen LogP contribution in [0, 0.1) is 5.82 Å². The number of aromatic amines is 1. The Kier molecular flexibility index (Phi) is 3.14. The van der Waals surface area contributed by atoms with Crippen molar-refractivity contribution in [2.24, 2.45) is 0 Å². The molecular formula is C16H15FN2O. The fourth-order valence-electron chi connectivity index (χ4n) is 2.27. The summed E-state index contributed by atoms with van der Waals surface area (Å²) in [7, 11) is 1.64. The Balaban J connectivity index is 1.98. The predicted molar refractivity (Wildman–Crippen MR) is 76.6 cm³/mol. The minimum atomic E-state index is -0.299. The topological polar surface area (TPSA) is 37.9 Å². The van der Waals surface area contributed by atoms with Crippen molar-refractivity contribution in [3.8, 4) is 5.75 Å². The van der Waals surface area contributed by atoms with E-state index in [1.54, 1.807) is 13.2 Å². The van der Waals surface area contributed by atoms with Crippen LogP contribution in [0.2, 0.25) is 0 Å². The molecule has 102 valence electrons. The first-order valence-electron chi connectivity index (χ1n) is 6.47. The van der Waals surface area contributed by atoms with Crippen molar-refractivity contribution >= 4 is 11.0 Å². The Morgan fingerprint density at radius 1 is 1.15 bits per heavy atom. The Morgan fingerprint density at radius 2 is 1.90 bits per heavy atom. The summed E-state index contributed by atoms with van der Waals surface area (Å²) in [5.41, 5.74) is 2.22. The van der Waals surface area contributed by atoms with Gasteiger partial charge in [-0.05, 0) is 29.8 Å². The van der Waals surface area contributed by atoms with E-state index in [4.69, 9.17) is 4.74 Å². The van der Waals surface area contributed by atoms with Crippen LogP contribution in [0.5, 0.6) is 5.75 Å². The Hall–Kier alpha value is -2.36. The number of nitrogens with zero attached hydrogens (tertiary/aromatic N) is 1. The van der Waals surface area contributed by atoms with Gasteiger partial charge in [0.1, 0.15) is 17.1 Å². The van der Waals surface area contributed by atoms with Gasteiger partial charge < -0.3 is 9.72 Å². The highest BCUT2D eigenvalue weighted by Gasteiger charge is 2.14. The van der Waals surface area contributed by atoms with Gasteiger partial charge in [-0.25, -0.2) is 9.37 Å². The lowest BCUT2D eigenvalue weighted by atomic mass is 10.0. The van der Waals surface area contributed by atoms with Crippen molar-refractivity contribution < 1.29 is 9.13 Å². The molecule has 0 aliphatic rings. The number of ether oxygens (including phenoxy) is 1. The van der Waals surface area contributed by atoms with Crippen LogP contribution in [0.1, 0.15) is 24.2 Å². The van der Waals surface area contributed by atoms with Gasteiger partial charge in [0.25, 0.3) is 0 Å². The van der Waals surface area contributed by atoms with Crippen molar-refractivity contribution in [1.29, 1.82) is 0 Å². The summed E-state index contributed by atoms with van der Waals surface area (Å²) in [4.78, 5) is 7.55. The minimum absolute atomic E-state index is 0.0627. The van der Waals surface area contributed by atoms with Gasteiger partial charge in [-0.1, -0.05) is 25.1 Å². The zero-order valence-corrected chi connectivity index (χ0v) is 11.4. The Morgan fingerprint density at radius 3 is 2.55 bits per heavy atom. The number of methoxy groups -OCH3 is 1. The van der Waals surface area contributed by atoms with Crippen molar-refractivity contribution in [3.05, 3.63) is 59.7 Å². The highest BCUT2D eigenvalue weighted by atomic mass is 19.1. The minimum Gasteiger partial charge on any atom is -0.497 e.